The highest BCUT2D eigenvalue weighted by molar-refractivity contribution is 7.99. The SMILES string of the molecule is O=C(CSc1nc2sc3c(c2c(=O)n1-c1ccc(Cl)cc1)CCCC3)NN=Cc1cccc(OCc2ccccc2)c1. The van der Waals surface area contributed by atoms with E-state index in [1.807, 2.05) is 54.6 Å². The average molecular weight is 615 g/mol. The minimum atomic E-state index is -0.310. The second-order valence-electron chi connectivity index (χ2n) is 9.83. The van der Waals surface area contributed by atoms with Crippen LogP contribution < -0.4 is 15.7 Å². The molecule has 1 amide bonds. The Labute approximate surface area is 256 Å². The molecule has 1 aliphatic carbocycles. The largest absolute Gasteiger partial charge is 0.489 e. The summed E-state index contributed by atoms with van der Waals surface area (Å²) in [5.41, 5.74) is 6.11. The fraction of sp³-hybridized carbons (Fsp3) is 0.188. The van der Waals surface area contributed by atoms with Crippen LogP contribution in [0.1, 0.15) is 34.4 Å². The van der Waals surface area contributed by atoms with Crippen molar-refractivity contribution in [2.45, 2.75) is 37.4 Å². The molecular weight excluding hydrogens is 588 g/mol. The van der Waals surface area contributed by atoms with Crippen LogP contribution in [-0.2, 0) is 24.2 Å². The number of hydrogen-bond donors (Lipinski definition) is 1. The lowest BCUT2D eigenvalue weighted by Gasteiger charge is -2.13. The maximum atomic E-state index is 13.8. The van der Waals surface area contributed by atoms with E-state index in [0.29, 0.717) is 33.6 Å². The smallest absolute Gasteiger partial charge is 0.267 e. The number of halogens is 1. The van der Waals surface area contributed by atoms with Crippen LogP contribution in [0.25, 0.3) is 15.9 Å². The van der Waals surface area contributed by atoms with E-state index in [1.54, 1.807) is 46.4 Å². The molecule has 10 heteroatoms. The third-order valence-corrected chi connectivity index (χ3v) is 9.26. The number of amides is 1. The molecule has 1 N–H and O–H groups in total. The van der Waals surface area contributed by atoms with Gasteiger partial charge in [-0.15, -0.1) is 11.3 Å². The summed E-state index contributed by atoms with van der Waals surface area (Å²) in [6.45, 7) is 0.463. The Morgan fingerprint density at radius 1 is 1.07 bits per heavy atom. The van der Waals surface area contributed by atoms with Gasteiger partial charge in [0.2, 0.25) is 0 Å². The molecule has 0 spiro atoms. The monoisotopic (exact) mass is 614 g/mol. The molecule has 2 aromatic heterocycles. The lowest BCUT2D eigenvalue weighted by molar-refractivity contribution is -0.118. The maximum absolute atomic E-state index is 13.8. The van der Waals surface area contributed by atoms with Crippen molar-refractivity contribution in [3.05, 3.63) is 116 Å². The molecule has 0 unspecified atom stereocenters. The van der Waals surface area contributed by atoms with Gasteiger partial charge in [0.05, 0.1) is 23.0 Å². The normalized spacial score (nSPS) is 12.9. The Bertz CT molecular complexity index is 1820. The lowest BCUT2D eigenvalue weighted by atomic mass is 9.97. The lowest BCUT2D eigenvalue weighted by Crippen LogP contribution is -2.24. The van der Waals surface area contributed by atoms with Crippen LogP contribution in [0.2, 0.25) is 5.02 Å². The highest BCUT2D eigenvalue weighted by atomic mass is 35.5. The summed E-state index contributed by atoms with van der Waals surface area (Å²) < 4.78 is 7.46. The van der Waals surface area contributed by atoms with E-state index in [1.165, 1.54) is 16.6 Å². The van der Waals surface area contributed by atoms with Crippen molar-refractivity contribution in [1.29, 1.82) is 0 Å². The van der Waals surface area contributed by atoms with Gasteiger partial charge in [-0.3, -0.25) is 14.2 Å². The fourth-order valence-electron chi connectivity index (χ4n) is 4.87. The van der Waals surface area contributed by atoms with Gasteiger partial charge in [-0.2, -0.15) is 5.10 Å². The van der Waals surface area contributed by atoms with Crippen LogP contribution in [0.5, 0.6) is 5.75 Å². The molecule has 7 nitrogen and oxygen atoms in total. The van der Waals surface area contributed by atoms with Crippen LogP contribution >= 0.6 is 34.7 Å². The van der Waals surface area contributed by atoms with Crippen molar-refractivity contribution in [3.8, 4) is 11.4 Å². The maximum Gasteiger partial charge on any atom is 0.267 e. The summed E-state index contributed by atoms with van der Waals surface area (Å²) in [6, 6.07) is 24.5. The number of nitrogens with zero attached hydrogens (tertiary/aromatic N) is 3. The number of aryl methyl sites for hydroxylation is 2. The molecule has 0 saturated heterocycles. The predicted octanol–water partition coefficient (Wildman–Crippen LogP) is 6.80. The highest BCUT2D eigenvalue weighted by Crippen LogP contribution is 2.35. The van der Waals surface area contributed by atoms with Crippen molar-refractivity contribution < 1.29 is 9.53 Å². The van der Waals surface area contributed by atoms with Gasteiger partial charge in [-0.1, -0.05) is 65.8 Å². The summed E-state index contributed by atoms with van der Waals surface area (Å²) >= 11 is 8.91. The summed E-state index contributed by atoms with van der Waals surface area (Å²) in [4.78, 5) is 33.4. The number of thioether (sulfide) groups is 1. The number of carbonyl (C=O) groups is 1. The number of benzene rings is 3. The van der Waals surface area contributed by atoms with Gasteiger partial charge in [0.15, 0.2) is 5.16 Å². The first-order valence-electron chi connectivity index (χ1n) is 13.6. The van der Waals surface area contributed by atoms with Gasteiger partial charge < -0.3 is 4.74 Å². The standard InChI is InChI=1S/C32H27ClN4O3S2/c33-23-13-15-24(16-14-23)37-31(39)29-26-11-4-5-12-27(26)42-30(29)35-32(37)41-20-28(38)36-34-18-22-9-6-10-25(17-22)40-19-21-7-2-1-3-8-21/h1-3,6-10,13-18H,4-5,11-12,19-20H2,(H,36,38). The van der Waals surface area contributed by atoms with Crippen molar-refractivity contribution >= 4 is 57.0 Å². The molecule has 6 rings (SSSR count). The van der Waals surface area contributed by atoms with Crippen molar-refractivity contribution in [2.75, 3.05) is 5.75 Å². The number of rotatable bonds is 9. The molecular formula is C32H27ClN4O3S2. The minimum Gasteiger partial charge on any atom is -0.489 e. The number of fused-ring (bicyclic) bond motifs is 3. The number of nitrogens with one attached hydrogen (secondary N) is 1. The zero-order valence-electron chi connectivity index (χ0n) is 22.6. The zero-order chi connectivity index (χ0) is 28.9. The number of thiophene rings is 1. The first-order valence-corrected chi connectivity index (χ1v) is 15.8. The first kappa shape index (κ1) is 28.2. The summed E-state index contributed by atoms with van der Waals surface area (Å²) in [5.74, 6) is 0.436. The molecule has 0 fully saturated rings. The molecule has 0 radical (unpaired) electrons. The highest BCUT2D eigenvalue weighted by Gasteiger charge is 2.23. The predicted molar refractivity (Wildman–Crippen MR) is 171 cm³/mol. The number of aromatic nitrogens is 2. The van der Waals surface area contributed by atoms with Crippen LogP contribution in [-0.4, -0.2) is 27.4 Å². The van der Waals surface area contributed by atoms with Crippen LogP contribution in [0, 0.1) is 0 Å². The summed E-state index contributed by atoms with van der Waals surface area (Å²) in [5, 5.41) is 5.84. The Morgan fingerprint density at radius 2 is 1.88 bits per heavy atom. The van der Waals surface area contributed by atoms with Crippen LogP contribution in [0.3, 0.4) is 0 Å². The van der Waals surface area contributed by atoms with E-state index in [9.17, 15) is 9.59 Å². The van der Waals surface area contributed by atoms with Crippen molar-refractivity contribution in [3.63, 3.8) is 0 Å². The Balaban J connectivity index is 1.16. The van der Waals surface area contributed by atoms with Gasteiger partial charge in [-0.05, 0) is 78.8 Å². The van der Waals surface area contributed by atoms with E-state index in [4.69, 9.17) is 21.3 Å². The fourth-order valence-corrected chi connectivity index (χ4v) is 7.10. The Morgan fingerprint density at radius 3 is 2.71 bits per heavy atom. The zero-order valence-corrected chi connectivity index (χ0v) is 25.0. The third kappa shape index (κ3) is 6.43. The van der Waals surface area contributed by atoms with E-state index in [0.717, 1.165) is 47.2 Å². The van der Waals surface area contributed by atoms with Crippen molar-refractivity contribution in [1.82, 2.24) is 15.0 Å². The molecule has 5 aromatic rings. The van der Waals surface area contributed by atoms with Gasteiger partial charge in [-0.25, -0.2) is 10.4 Å². The van der Waals surface area contributed by atoms with Crippen molar-refractivity contribution in [2.24, 2.45) is 5.10 Å². The summed E-state index contributed by atoms with van der Waals surface area (Å²) in [6.07, 6.45) is 5.63. The molecule has 0 atom stereocenters. The number of ether oxygens (including phenoxy) is 1. The molecule has 0 saturated carbocycles. The van der Waals surface area contributed by atoms with Gasteiger partial charge in [0, 0.05) is 9.90 Å². The molecule has 212 valence electrons. The third-order valence-electron chi connectivity index (χ3n) is 6.88. The number of hydrogen-bond acceptors (Lipinski definition) is 7. The average Bonchev–Trinajstić information content (AvgIpc) is 3.39. The van der Waals surface area contributed by atoms with E-state index >= 15 is 0 Å². The number of hydrazone groups is 1. The second kappa shape index (κ2) is 12.9. The number of carbonyl (C=O) groups excluding carboxylic acids is 1. The quantitative estimate of drug-likeness (QED) is 0.0854. The Hall–Kier alpha value is -3.92. The van der Waals surface area contributed by atoms with Gasteiger partial charge in [0.1, 0.15) is 17.2 Å². The first-order chi connectivity index (χ1) is 20.5. The summed E-state index contributed by atoms with van der Waals surface area (Å²) in [7, 11) is 0. The second-order valence-corrected chi connectivity index (χ2v) is 12.3. The van der Waals surface area contributed by atoms with Crippen LogP contribution in [0.4, 0.5) is 0 Å². The van der Waals surface area contributed by atoms with Gasteiger partial charge >= 0.3 is 0 Å². The molecule has 0 aliphatic heterocycles. The molecule has 0 bridgehead atoms. The van der Waals surface area contributed by atoms with E-state index < -0.39 is 0 Å². The molecule has 1 aliphatic rings. The minimum absolute atomic E-state index is 0.0359. The molecule has 2 heterocycles. The van der Waals surface area contributed by atoms with E-state index in [2.05, 4.69) is 10.5 Å². The molecule has 3 aromatic carbocycles. The Kier molecular flexibility index (Phi) is 8.69. The molecule has 42 heavy (non-hydrogen) atoms. The topological polar surface area (TPSA) is 85.6 Å². The van der Waals surface area contributed by atoms with Gasteiger partial charge in [0.25, 0.3) is 11.5 Å². The van der Waals surface area contributed by atoms with Crippen LogP contribution in [0.15, 0.2) is 93.9 Å². The van der Waals surface area contributed by atoms with E-state index in [-0.39, 0.29) is 17.2 Å².